The summed E-state index contributed by atoms with van der Waals surface area (Å²) in [7, 11) is 0. The highest BCUT2D eigenvalue weighted by Crippen LogP contribution is 2.14. The summed E-state index contributed by atoms with van der Waals surface area (Å²) in [6.07, 6.45) is 6.40. The molecule has 0 fully saturated rings. The van der Waals surface area contributed by atoms with Crippen LogP contribution in [0.2, 0.25) is 0 Å². The molecule has 1 atom stereocenters. The Hall–Kier alpha value is -1.87. The fraction of sp³-hybridized carbons (Fsp3) is 0.154. The topological polar surface area (TPSA) is 38.0 Å². The maximum absolute atomic E-state index is 9.54. The summed E-state index contributed by atoms with van der Waals surface area (Å²) in [5.74, 6) is 0. The molecule has 0 bridgehead atoms. The molecule has 0 aliphatic carbocycles. The number of hydrogen-bond acceptors (Lipinski definition) is 2. The van der Waals surface area contributed by atoms with E-state index in [1.165, 1.54) is 11.6 Å². The highest BCUT2D eigenvalue weighted by molar-refractivity contribution is 5.26. The first-order valence-corrected chi connectivity index (χ1v) is 5.15. The third-order valence-electron chi connectivity index (χ3n) is 2.47. The SMILES string of the molecule is C=CC(O)c1ccc(Cn2ccnc2)cc1. The van der Waals surface area contributed by atoms with Gasteiger partial charge in [-0.3, -0.25) is 0 Å². The van der Waals surface area contributed by atoms with E-state index in [-0.39, 0.29) is 0 Å². The molecule has 3 nitrogen and oxygen atoms in total. The zero-order valence-corrected chi connectivity index (χ0v) is 8.95. The van der Waals surface area contributed by atoms with Crippen LogP contribution >= 0.6 is 0 Å². The van der Waals surface area contributed by atoms with Crippen molar-refractivity contribution < 1.29 is 5.11 Å². The van der Waals surface area contributed by atoms with E-state index in [9.17, 15) is 5.11 Å². The van der Waals surface area contributed by atoms with Gasteiger partial charge in [-0.1, -0.05) is 30.3 Å². The maximum atomic E-state index is 9.54. The Bertz CT molecular complexity index is 445. The summed E-state index contributed by atoms with van der Waals surface area (Å²) in [5.41, 5.74) is 2.04. The van der Waals surface area contributed by atoms with Crippen LogP contribution in [0.5, 0.6) is 0 Å². The minimum Gasteiger partial charge on any atom is -0.384 e. The first-order chi connectivity index (χ1) is 7.79. The Morgan fingerprint density at radius 3 is 2.69 bits per heavy atom. The first kappa shape index (κ1) is 10.6. The molecule has 0 aliphatic heterocycles. The van der Waals surface area contributed by atoms with Gasteiger partial charge in [0.1, 0.15) is 0 Å². The Morgan fingerprint density at radius 2 is 2.12 bits per heavy atom. The van der Waals surface area contributed by atoms with Crippen LogP contribution in [0.1, 0.15) is 17.2 Å². The van der Waals surface area contributed by atoms with Crippen molar-refractivity contribution in [3.63, 3.8) is 0 Å². The fourth-order valence-electron chi connectivity index (χ4n) is 1.55. The molecule has 0 amide bonds. The van der Waals surface area contributed by atoms with Crippen LogP contribution in [0.3, 0.4) is 0 Å². The third kappa shape index (κ3) is 2.38. The zero-order valence-electron chi connectivity index (χ0n) is 8.95. The van der Waals surface area contributed by atoms with E-state index in [0.29, 0.717) is 0 Å². The number of aliphatic hydroxyl groups excluding tert-OH is 1. The van der Waals surface area contributed by atoms with Gasteiger partial charge in [0.2, 0.25) is 0 Å². The summed E-state index contributed by atoms with van der Waals surface area (Å²) >= 11 is 0. The van der Waals surface area contributed by atoms with E-state index in [1.54, 1.807) is 12.5 Å². The quantitative estimate of drug-likeness (QED) is 0.792. The summed E-state index contributed by atoms with van der Waals surface area (Å²) in [6, 6.07) is 7.83. The summed E-state index contributed by atoms with van der Waals surface area (Å²) < 4.78 is 2.00. The van der Waals surface area contributed by atoms with E-state index in [2.05, 4.69) is 11.6 Å². The molecule has 0 radical (unpaired) electrons. The second-order valence-corrected chi connectivity index (χ2v) is 3.66. The van der Waals surface area contributed by atoms with Crippen molar-refractivity contribution in [1.29, 1.82) is 0 Å². The Labute approximate surface area is 94.7 Å². The third-order valence-corrected chi connectivity index (χ3v) is 2.47. The van der Waals surface area contributed by atoms with Crippen molar-refractivity contribution >= 4 is 0 Å². The van der Waals surface area contributed by atoms with Crippen molar-refractivity contribution in [3.8, 4) is 0 Å². The summed E-state index contributed by atoms with van der Waals surface area (Å²) in [6.45, 7) is 4.35. The second kappa shape index (κ2) is 4.77. The standard InChI is InChI=1S/C13H14N2O/c1-2-13(16)12-5-3-11(4-6-12)9-15-8-7-14-10-15/h2-8,10,13,16H,1,9H2. The second-order valence-electron chi connectivity index (χ2n) is 3.66. The lowest BCUT2D eigenvalue weighted by atomic mass is 10.1. The molecule has 1 heterocycles. The lowest BCUT2D eigenvalue weighted by Crippen LogP contribution is -1.97. The molecule has 16 heavy (non-hydrogen) atoms. The molecule has 2 aromatic rings. The Balaban J connectivity index is 2.10. The van der Waals surface area contributed by atoms with Crippen LogP contribution in [-0.4, -0.2) is 14.7 Å². The van der Waals surface area contributed by atoms with E-state index in [0.717, 1.165) is 12.1 Å². The van der Waals surface area contributed by atoms with E-state index >= 15 is 0 Å². The van der Waals surface area contributed by atoms with E-state index in [1.807, 2.05) is 35.0 Å². The van der Waals surface area contributed by atoms with Gasteiger partial charge in [0.25, 0.3) is 0 Å². The lowest BCUT2D eigenvalue weighted by molar-refractivity contribution is 0.229. The van der Waals surface area contributed by atoms with Gasteiger partial charge in [-0.2, -0.15) is 0 Å². The van der Waals surface area contributed by atoms with Gasteiger partial charge >= 0.3 is 0 Å². The molecule has 0 aliphatic rings. The Morgan fingerprint density at radius 1 is 1.38 bits per heavy atom. The van der Waals surface area contributed by atoms with E-state index < -0.39 is 6.10 Å². The normalized spacial score (nSPS) is 12.3. The minimum atomic E-state index is -0.581. The monoisotopic (exact) mass is 214 g/mol. The van der Waals surface area contributed by atoms with Crippen LogP contribution in [0.4, 0.5) is 0 Å². The summed E-state index contributed by atoms with van der Waals surface area (Å²) in [4.78, 5) is 3.99. The number of aromatic nitrogens is 2. The fourth-order valence-corrected chi connectivity index (χ4v) is 1.55. The molecule has 1 aromatic heterocycles. The lowest BCUT2D eigenvalue weighted by Gasteiger charge is -2.07. The van der Waals surface area contributed by atoms with Crippen LogP contribution in [0.25, 0.3) is 0 Å². The van der Waals surface area contributed by atoms with Crippen LogP contribution in [0, 0.1) is 0 Å². The van der Waals surface area contributed by atoms with Crippen molar-refractivity contribution in [2.45, 2.75) is 12.6 Å². The van der Waals surface area contributed by atoms with Crippen molar-refractivity contribution in [1.82, 2.24) is 9.55 Å². The molecule has 1 N–H and O–H groups in total. The smallest absolute Gasteiger partial charge is 0.0969 e. The largest absolute Gasteiger partial charge is 0.384 e. The van der Waals surface area contributed by atoms with Gasteiger partial charge in [0.15, 0.2) is 0 Å². The van der Waals surface area contributed by atoms with Crippen molar-refractivity contribution in [3.05, 3.63) is 66.8 Å². The molecule has 1 unspecified atom stereocenters. The first-order valence-electron chi connectivity index (χ1n) is 5.15. The van der Waals surface area contributed by atoms with Crippen LogP contribution in [-0.2, 0) is 6.54 Å². The molecule has 82 valence electrons. The molecule has 0 saturated carbocycles. The highest BCUT2D eigenvalue weighted by atomic mass is 16.3. The van der Waals surface area contributed by atoms with Crippen LogP contribution < -0.4 is 0 Å². The van der Waals surface area contributed by atoms with E-state index in [4.69, 9.17) is 0 Å². The zero-order chi connectivity index (χ0) is 11.4. The number of hydrogen-bond donors (Lipinski definition) is 1. The van der Waals surface area contributed by atoms with Crippen molar-refractivity contribution in [2.75, 3.05) is 0 Å². The van der Waals surface area contributed by atoms with Gasteiger partial charge in [0, 0.05) is 18.9 Å². The Kier molecular flexibility index (Phi) is 3.17. The minimum absolute atomic E-state index is 0.581. The average molecular weight is 214 g/mol. The number of rotatable bonds is 4. The highest BCUT2D eigenvalue weighted by Gasteiger charge is 2.02. The average Bonchev–Trinajstić information content (AvgIpc) is 2.82. The van der Waals surface area contributed by atoms with Crippen molar-refractivity contribution in [2.24, 2.45) is 0 Å². The van der Waals surface area contributed by atoms with Gasteiger partial charge in [-0.05, 0) is 11.1 Å². The summed E-state index contributed by atoms with van der Waals surface area (Å²) in [5, 5.41) is 9.54. The molecule has 2 rings (SSSR count). The molecule has 3 heteroatoms. The van der Waals surface area contributed by atoms with Gasteiger partial charge in [0.05, 0.1) is 12.4 Å². The predicted molar refractivity (Wildman–Crippen MR) is 62.9 cm³/mol. The molecular formula is C13H14N2O. The number of nitrogens with zero attached hydrogens (tertiary/aromatic N) is 2. The number of imidazole rings is 1. The molecular weight excluding hydrogens is 200 g/mol. The number of benzene rings is 1. The predicted octanol–water partition coefficient (Wildman–Crippen LogP) is 2.15. The van der Waals surface area contributed by atoms with Gasteiger partial charge < -0.3 is 9.67 Å². The molecule has 0 spiro atoms. The van der Waals surface area contributed by atoms with Gasteiger partial charge in [-0.25, -0.2) is 4.98 Å². The maximum Gasteiger partial charge on any atom is 0.0969 e. The van der Waals surface area contributed by atoms with Crippen LogP contribution in [0.15, 0.2) is 55.6 Å². The molecule has 0 saturated heterocycles. The molecule has 1 aromatic carbocycles. The number of aliphatic hydroxyl groups is 1. The van der Waals surface area contributed by atoms with Gasteiger partial charge in [-0.15, -0.1) is 6.58 Å².